The van der Waals surface area contributed by atoms with E-state index < -0.39 is 12.1 Å². The summed E-state index contributed by atoms with van der Waals surface area (Å²) in [6, 6.07) is 4.91. The minimum absolute atomic E-state index is 0.0622. The molecule has 1 atom stereocenters. The number of ether oxygens (including phenoxy) is 2. The van der Waals surface area contributed by atoms with E-state index in [-0.39, 0.29) is 18.8 Å². The molecule has 0 fully saturated rings. The van der Waals surface area contributed by atoms with E-state index >= 15 is 0 Å². The van der Waals surface area contributed by atoms with Crippen molar-refractivity contribution in [2.45, 2.75) is 25.9 Å². The lowest BCUT2D eigenvalue weighted by atomic mass is 10.1. The lowest BCUT2D eigenvalue weighted by Crippen LogP contribution is -2.23. The van der Waals surface area contributed by atoms with Crippen molar-refractivity contribution >= 4 is 5.97 Å². The Morgan fingerprint density at radius 1 is 1.44 bits per heavy atom. The fourth-order valence-electron chi connectivity index (χ4n) is 1.54. The number of benzene rings is 1. The SMILES string of the molecule is CCOC(=O)C(O)CCc1ccc(O)c(OC)c1. The molecular weight excluding hydrogens is 236 g/mol. The number of phenolic OH excluding ortho intramolecular Hbond substituents is 1. The number of aromatic hydroxyl groups is 1. The van der Waals surface area contributed by atoms with Gasteiger partial charge in [-0.15, -0.1) is 0 Å². The number of methoxy groups -OCH3 is 1. The highest BCUT2D eigenvalue weighted by atomic mass is 16.5. The average Bonchev–Trinajstić information content (AvgIpc) is 2.37. The average molecular weight is 254 g/mol. The zero-order valence-corrected chi connectivity index (χ0v) is 10.5. The van der Waals surface area contributed by atoms with Gasteiger partial charge < -0.3 is 19.7 Å². The van der Waals surface area contributed by atoms with Crippen LogP contribution in [0.1, 0.15) is 18.9 Å². The molecule has 5 heteroatoms. The molecule has 1 rings (SSSR count). The summed E-state index contributed by atoms with van der Waals surface area (Å²) >= 11 is 0. The Bertz CT molecular complexity index is 402. The first-order valence-corrected chi connectivity index (χ1v) is 5.79. The van der Waals surface area contributed by atoms with Crippen LogP contribution in [0.5, 0.6) is 11.5 Å². The van der Waals surface area contributed by atoms with E-state index in [1.54, 1.807) is 19.1 Å². The van der Waals surface area contributed by atoms with Crippen LogP contribution in [0.2, 0.25) is 0 Å². The van der Waals surface area contributed by atoms with Gasteiger partial charge in [-0.2, -0.15) is 0 Å². The Labute approximate surface area is 106 Å². The standard InChI is InChI=1S/C13H18O5/c1-3-18-13(16)11(15)7-5-9-4-6-10(14)12(8-9)17-2/h4,6,8,11,14-15H,3,5,7H2,1-2H3. The number of aliphatic hydroxyl groups excluding tert-OH is 1. The van der Waals surface area contributed by atoms with Crippen molar-refractivity contribution in [2.24, 2.45) is 0 Å². The van der Waals surface area contributed by atoms with Crippen molar-refractivity contribution in [2.75, 3.05) is 13.7 Å². The molecule has 1 unspecified atom stereocenters. The number of hydrogen-bond donors (Lipinski definition) is 2. The van der Waals surface area contributed by atoms with Gasteiger partial charge in [0.25, 0.3) is 0 Å². The van der Waals surface area contributed by atoms with Crippen LogP contribution in [0.25, 0.3) is 0 Å². The van der Waals surface area contributed by atoms with E-state index in [1.165, 1.54) is 13.2 Å². The second-order valence-electron chi connectivity index (χ2n) is 3.81. The van der Waals surface area contributed by atoms with Crippen LogP contribution in [-0.2, 0) is 16.0 Å². The highest BCUT2D eigenvalue weighted by Gasteiger charge is 2.16. The van der Waals surface area contributed by atoms with Crippen LogP contribution >= 0.6 is 0 Å². The van der Waals surface area contributed by atoms with Gasteiger partial charge >= 0.3 is 5.97 Å². The molecule has 1 aromatic carbocycles. The van der Waals surface area contributed by atoms with Crippen molar-refractivity contribution in [3.8, 4) is 11.5 Å². The van der Waals surface area contributed by atoms with E-state index in [4.69, 9.17) is 9.47 Å². The van der Waals surface area contributed by atoms with E-state index in [0.717, 1.165) is 5.56 Å². The van der Waals surface area contributed by atoms with Gasteiger partial charge in [0, 0.05) is 0 Å². The number of aliphatic hydroxyl groups is 1. The highest BCUT2D eigenvalue weighted by molar-refractivity contribution is 5.74. The largest absolute Gasteiger partial charge is 0.504 e. The molecule has 0 radical (unpaired) electrons. The molecule has 0 saturated carbocycles. The van der Waals surface area contributed by atoms with Crippen LogP contribution in [0.15, 0.2) is 18.2 Å². The first-order chi connectivity index (χ1) is 8.58. The lowest BCUT2D eigenvalue weighted by molar-refractivity contribution is -0.153. The topological polar surface area (TPSA) is 76.0 Å². The predicted octanol–water partition coefficient (Wildman–Crippen LogP) is 1.26. The van der Waals surface area contributed by atoms with Crippen LogP contribution < -0.4 is 4.74 Å². The first-order valence-electron chi connectivity index (χ1n) is 5.79. The van der Waals surface area contributed by atoms with Crippen LogP contribution in [0.4, 0.5) is 0 Å². The third-order valence-electron chi connectivity index (χ3n) is 2.51. The zero-order valence-electron chi connectivity index (χ0n) is 10.5. The van der Waals surface area contributed by atoms with Crippen molar-refractivity contribution in [3.05, 3.63) is 23.8 Å². The number of hydrogen-bond acceptors (Lipinski definition) is 5. The fraction of sp³-hybridized carbons (Fsp3) is 0.462. The number of phenols is 1. The highest BCUT2D eigenvalue weighted by Crippen LogP contribution is 2.26. The Morgan fingerprint density at radius 2 is 2.17 bits per heavy atom. The maximum absolute atomic E-state index is 11.2. The zero-order chi connectivity index (χ0) is 13.5. The summed E-state index contributed by atoms with van der Waals surface area (Å²) < 4.78 is 9.68. The van der Waals surface area contributed by atoms with Crippen molar-refractivity contribution in [1.82, 2.24) is 0 Å². The second kappa shape index (κ2) is 6.86. The van der Waals surface area contributed by atoms with E-state index in [2.05, 4.69) is 0 Å². The van der Waals surface area contributed by atoms with Crippen molar-refractivity contribution < 1.29 is 24.5 Å². The molecular formula is C13H18O5. The van der Waals surface area contributed by atoms with E-state index in [1.807, 2.05) is 0 Å². The normalized spacial score (nSPS) is 11.9. The quantitative estimate of drug-likeness (QED) is 0.747. The molecule has 0 saturated heterocycles. The molecule has 100 valence electrons. The van der Waals surface area contributed by atoms with Gasteiger partial charge in [0.1, 0.15) is 0 Å². The van der Waals surface area contributed by atoms with Crippen molar-refractivity contribution in [3.63, 3.8) is 0 Å². The molecule has 0 amide bonds. The Morgan fingerprint density at radius 3 is 2.78 bits per heavy atom. The second-order valence-corrected chi connectivity index (χ2v) is 3.81. The number of aryl methyl sites for hydroxylation is 1. The van der Waals surface area contributed by atoms with E-state index in [0.29, 0.717) is 12.2 Å². The summed E-state index contributed by atoms with van der Waals surface area (Å²) in [7, 11) is 1.46. The third-order valence-corrected chi connectivity index (χ3v) is 2.51. The van der Waals surface area contributed by atoms with Gasteiger partial charge in [-0.25, -0.2) is 4.79 Å². The minimum Gasteiger partial charge on any atom is -0.504 e. The Balaban J connectivity index is 2.55. The van der Waals surface area contributed by atoms with Crippen LogP contribution in [0.3, 0.4) is 0 Å². The lowest BCUT2D eigenvalue weighted by Gasteiger charge is -2.10. The molecule has 0 bridgehead atoms. The molecule has 2 N–H and O–H groups in total. The molecule has 0 spiro atoms. The van der Waals surface area contributed by atoms with Gasteiger partial charge in [-0.05, 0) is 37.5 Å². The minimum atomic E-state index is -1.12. The van der Waals surface area contributed by atoms with Crippen LogP contribution in [0, 0.1) is 0 Å². The summed E-state index contributed by atoms with van der Waals surface area (Å²) in [5, 5.41) is 19.0. The number of carbonyl (C=O) groups is 1. The summed E-state index contributed by atoms with van der Waals surface area (Å²) in [5.41, 5.74) is 0.869. The molecule has 0 aliphatic heterocycles. The summed E-state index contributed by atoms with van der Waals surface area (Å²) in [6.07, 6.45) is -0.353. The summed E-state index contributed by atoms with van der Waals surface area (Å²) in [5.74, 6) is -0.173. The Hall–Kier alpha value is -1.75. The molecule has 0 aromatic heterocycles. The molecule has 0 heterocycles. The van der Waals surface area contributed by atoms with Gasteiger partial charge in [0.2, 0.25) is 0 Å². The summed E-state index contributed by atoms with van der Waals surface area (Å²) in [6.45, 7) is 1.94. The Kier molecular flexibility index (Phi) is 5.45. The maximum atomic E-state index is 11.2. The molecule has 0 aliphatic rings. The number of rotatable bonds is 6. The fourth-order valence-corrected chi connectivity index (χ4v) is 1.54. The summed E-state index contributed by atoms with van der Waals surface area (Å²) in [4.78, 5) is 11.2. The number of carbonyl (C=O) groups excluding carboxylic acids is 1. The predicted molar refractivity (Wildman–Crippen MR) is 65.6 cm³/mol. The van der Waals surface area contributed by atoms with Gasteiger partial charge in [0.05, 0.1) is 13.7 Å². The molecule has 1 aromatic rings. The smallest absolute Gasteiger partial charge is 0.334 e. The van der Waals surface area contributed by atoms with Crippen LogP contribution in [-0.4, -0.2) is 36.0 Å². The molecule has 18 heavy (non-hydrogen) atoms. The monoisotopic (exact) mass is 254 g/mol. The molecule has 5 nitrogen and oxygen atoms in total. The van der Waals surface area contributed by atoms with E-state index in [9.17, 15) is 15.0 Å². The van der Waals surface area contributed by atoms with Gasteiger partial charge in [-0.3, -0.25) is 0 Å². The maximum Gasteiger partial charge on any atom is 0.334 e. The third kappa shape index (κ3) is 3.92. The molecule has 0 aliphatic carbocycles. The first kappa shape index (κ1) is 14.3. The van der Waals surface area contributed by atoms with Gasteiger partial charge in [0.15, 0.2) is 17.6 Å². The van der Waals surface area contributed by atoms with Gasteiger partial charge in [-0.1, -0.05) is 6.07 Å². The van der Waals surface area contributed by atoms with Crippen molar-refractivity contribution in [1.29, 1.82) is 0 Å². The number of esters is 1.